The number of hydrogen-bond donors (Lipinski definition) is 3. The normalized spacial score (nSPS) is 14.6. The van der Waals surface area contributed by atoms with Gasteiger partial charge in [0.25, 0.3) is 0 Å². The minimum absolute atomic E-state index is 0.0132. The first-order valence-electron chi connectivity index (χ1n) is 11.4. The second kappa shape index (κ2) is 12.1. The van der Waals surface area contributed by atoms with Crippen LogP contribution in [0, 0.1) is 5.92 Å². The van der Waals surface area contributed by atoms with Crippen LogP contribution in [-0.2, 0) is 9.59 Å². The predicted octanol–water partition coefficient (Wildman–Crippen LogP) is 4.54. The molecule has 0 atom stereocenters. The van der Waals surface area contributed by atoms with E-state index in [2.05, 4.69) is 26.9 Å². The number of amides is 2. The monoisotopic (exact) mass is 481 g/mol. The Morgan fingerprint density at radius 1 is 1.29 bits per heavy atom. The molecule has 0 aliphatic heterocycles. The fourth-order valence-electron chi connectivity index (χ4n) is 3.36. The number of rotatable bonds is 12. The first-order valence-corrected chi connectivity index (χ1v) is 12.2. The van der Waals surface area contributed by atoms with Gasteiger partial charge in [0.1, 0.15) is 0 Å². The Morgan fingerprint density at radius 2 is 2.09 bits per heavy atom. The molecule has 0 radical (unpaired) electrons. The molecule has 1 aliphatic rings. The van der Waals surface area contributed by atoms with Crippen molar-refractivity contribution >= 4 is 29.2 Å². The SMILES string of the molecule is CC/C=C(C(N)=O)/C(=C\C(=C\CCC)NC(=O)C1CC1)Nc1nccc(-c2cnsc2)c1OC. The van der Waals surface area contributed by atoms with E-state index in [1.54, 1.807) is 31.7 Å². The lowest BCUT2D eigenvalue weighted by Crippen LogP contribution is -2.25. The maximum absolute atomic E-state index is 12.5. The maximum Gasteiger partial charge on any atom is 0.250 e. The third-order valence-corrected chi connectivity index (χ3v) is 5.82. The first-order chi connectivity index (χ1) is 16.5. The van der Waals surface area contributed by atoms with Crippen molar-refractivity contribution in [2.45, 2.75) is 46.0 Å². The number of allylic oxidation sites excluding steroid dienone is 3. The van der Waals surface area contributed by atoms with Crippen LogP contribution in [0.15, 0.2) is 59.0 Å². The summed E-state index contributed by atoms with van der Waals surface area (Å²) in [7, 11) is 1.56. The average Bonchev–Trinajstić information content (AvgIpc) is 3.54. The molecule has 1 saturated carbocycles. The van der Waals surface area contributed by atoms with Crippen LogP contribution < -0.4 is 21.1 Å². The highest BCUT2D eigenvalue weighted by Gasteiger charge is 2.30. The lowest BCUT2D eigenvalue weighted by Gasteiger charge is -2.17. The molecule has 8 nitrogen and oxygen atoms in total. The molecule has 0 saturated heterocycles. The molecule has 0 aromatic carbocycles. The number of carbonyl (C=O) groups excluding carboxylic acids is 2. The van der Waals surface area contributed by atoms with Crippen LogP contribution in [0.1, 0.15) is 46.0 Å². The van der Waals surface area contributed by atoms with Gasteiger partial charge in [-0.1, -0.05) is 32.4 Å². The van der Waals surface area contributed by atoms with Crippen LogP contribution >= 0.6 is 11.5 Å². The van der Waals surface area contributed by atoms with E-state index in [1.807, 2.05) is 24.4 Å². The van der Waals surface area contributed by atoms with Crippen LogP contribution in [0.4, 0.5) is 5.82 Å². The van der Waals surface area contributed by atoms with Crippen LogP contribution in [0.5, 0.6) is 5.75 Å². The lowest BCUT2D eigenvalue weighted by atomic mass is 10.1. The van der Waals surface area contributed by atoms with Crippen LogP contribution in [0.25, 0.3) is 11.1 Å². The van der Waals surface area contributed by atoms with Crippen molar-refractivity contribution in [2.24, 2.45) is 11.7 Å². The zero-order valence-corrected chi connectivity index (χ0v) is 20.6. The number of carbonyl (C=O) groups is 2. The van der Waals surface area contributed by atoms with Crippen LogP contribution in [0.3, 0.4) is 0 Å². The number of nitrogens with one attached hydrogen (secondary N) is 2. The van der Waals surface area contributed by atoms with Crippen molar-refractivity contribution < 1.29 is 14.3 Å². The Balaban J connectivity index is 2.06. The number of pyridine rings is 1. The second-order valence-corrected chi connectivity index (χ2v) is 8.60. The van der Waals surface area contributed by atoms with Gasteiger partial charge in [0.15, 0.2) is 11.6 Å². The summed E-state index contributed by atoms with van der Waals surface area (Å²) in [6.07, 6.45) is 12.9. The minimum atomic E-state index is -0.582. The van der Waals surface area contributed by atoms with Crippen molar-refractivity contribution in [3.63, 3.8) is 0 Å². The second-order valence-electron chi connectivity index (χ2n) is 7.94. The predicted molar refractivity (Wildman–Crippen MR) is 135 cm³/mol. The zero-order chi connectivity index (χ0) is 24.5. The Bertz CT molecular complexity index is 1100. The van der Waals surface area contributed by atoms with Gasteiger partial charge in [-0.3, -0.25) is 9.59 Å². The van der Waals surface area contributed by atoms with E-state index in [4.69, 9.17) is 10.5 Å². The van der Waals surface area contributed by atoms with Crippen molar-refractivity contribution in [1.82, 2.24) is 14.7 Å². The van der Waals surface area contributed by atoms with Gasteiger partial charge in [-0.05, 0) is 49.4 Å². The van der Waals surface area contributed by atoms with Gasteiger partial charge in [0, 0.05) is 40.5 Å². The summed E-state index contributed by atoms with van der Waals surface area (Å²) >= 11 is 1.34. The van der Waals surface area contributed by atoms with E-state index >= 15 is 0 Å². The summed E-state index contributed by atoms with van der Waals surface area (Å²) in [4.78, 5) is 29.3. The largest absolute Gasteiger partial charge is 0.492 e. The molecule has 1 fully saturated rings. The first kappa shape index (κ1) is 25.2. The molecule has 9 heteroatoms. The van der Waals surface area contributed by atoms with Crippen molar-refractivity contribution in [1.29, 1.82) is 0 Å². The fourth-order valence-corrected chi connectivity index (χ4v) is 3.89. The van der Waals surface area contributed by atoms with Crippen molar-refractivity contribution in [3.05, 3.63) is 59.0 Å². The molecule has 0 spiro atoms. The van der Waals surface area contributed by atoms with Crippen molar-refractivity contribution in [3.8, 4) is 16.9 Å². The topological polar surface area (TPSA) is 119 Å². The molecule has 2 heterocycles. The number of nitrogens with two attached hydrogens (primary N) is 1. The number of methoxy groups -OCH3 is 1. The molecule has 4 N–H and O–H groups in total. The number of aromatic nitrogens is 2. The summed E-state index contributed by atoms with van der Waals surface area (Å²) in [6, 6.07) is 1.84. The number of hydrogen-bond acceptors (Lipinski definition) is 7. The molecule has 0 bridgehead atoms. The van der Waals surface area contributed by atoms with E-state index in [9.17, 15) is 9.59 Å². The number of primary amides is 1. The molecule has 2 amide bonds. The molecule has 2 aromatic rings. The Morgan fingerprint density at radius 3 is 2.68 bits per heavy atom. The third-order valence-electron chi connectivity index (χ3n) is 5.24. The molecule has 1 aliphatic carbocycles. The van der Waals surface area contributed by atoms with Gasteiger partial charge in [-0.25, -0.2) is 9.36 Å². The van der Waals surface area contributed by atoms with Gasteiger partial charge in [0.05, 0.1) is 18.4 Å². The summed E-state index contributed by atoms with van der Waals surface area (Å²) < 4.78 is 9.85. The van der Waals surface area contributed by atoms with E-state index < -0.39 is 5.91 Å². The van der Waals surface area contributed by atoms with Crippen LogP contribution in [0.2, 0.25) is 0 Å². The highest BCUT2D eigenvalue weighted by atomic mass is 32.1. The van der Waals surface area contributed by atoms with E-state index in [0.29, 0.717) is 35.0 Å². The molecule has 180 valence electrons. The Hall–Kier alpha value is -3.46. The standard InChI is InChI=1S/C25H31N5O3S/c1-4-6-8-18(29-25(32)16-9-10-16)13-21(20(7-5-2)23(26)31)30-24-22(33-3)19(11-12-27-24)17-14-28-34-15-17/h7-8,11-16H,4-6,9-10H2,1-3H3,(H2,26,31)(H,27,30)(H,29,32)/b18-8-,20-7-,21-13+. The number of nitrogens with zero attached hydrogens (tertiary/aromatic N) is 2. The zero-order valence-electron chi connectivity index (χ0n) is 19.8. The lowest BCUT2D eigenvalue weighted by molar-refractivity contribution is -0.121. The summed E-state index contributed by atoms with van der Waals surface area (Å²) in [6.45, 7) is 3.98. The van der Waals surface area contributed by atoms with Gasteiger partial charge in [-0.15, -0.1) is 0 Å². The highest BCUT2D eigenvalue weighted by molar-refractivity contribution is 7.03. The van der Waals surface area contributed by atoms with Crippen LogP contribution in [-0.4, -0.2) is 28.3 Å². The number of unbranched alkanes of at least 4 members (excludes halogenated alkanes) is 1. The maximum atomic E-state index is 12.5. The highest BCUT2D eigenvalue weighted by Crippen LogP contribution is 2.36. The molecule has 34 heavy (non-hydrogen) atoms. The molecule has 0 unspecified atom stereocenters. The van der Waals surface area contributed by atoms with Gasteiger partial charge < -0.3 is 21.1 Å². The third kappa shape index (κ3) is 6.54. The summed E-state index contributed by atoms with van der Waals surface area (Å²) in [5.74, 6) is 0.384. The fraction of sp³-hybridized carbons (Fsp3) is 0.360. The number of anilines is 1. The average molecular weight is 482 g/mol. The molecular weight excluding hydrogens is 450 g/mol. The molecular formula is C25H31N5O3S. The molecule has 2 aromatic heterocycles. The summed E-state index contributed by atoms with van der Waals surface area (Å²) in [5, 5.41) is 8.15. The molecule has 3 rings (SSSR count). The van der Waals surface area contributed by atoms with E-state index in [-0.39, 0.29) is 11.8 Å². The van der Waals surface area contributed by atoms with E-state index in [1.165, 1.54) is 11.5 Å². The quantitative estimate of drug-likeness (QED) is 0.302. The Labute approximate surface area is 204 Å². The van der Waals surface area contributed by atoms with Gasteiger partial charge in [-0.2, -0.15) is 0 Å². The van der Waals surface area contributed by atoms with Gasteiger partial charge in [0.2, 0.25) is 11.8 Å². The van der Waals surface area contributed by atoms with Gasteiger partial charge >= 0.3 is 0 Å². The Kier molecular flexibility index (Phi) is 8.98. The van der Waals surface area contributed by atoms with E-state index in [0.717, 1.165) is 36.8 Å². The smallest absolute Gasteiger partial charge is 0.250 e. The van der Waals surface area contributed by atoms with Crippen molar-refractivity contribution in [2.75, 3.05) is 12.4 Å². The summed E-state index contributed by atoms with van der Waals surface area (Å²) in [5.41, 5.74) is 8.80. The number of ether oxygens (including phenoxy) is 1. The minimum Gasteiger partial charge on any atom is -0.492 e.